The molecule has 6 rings (SSSR count). The Hall–Kier alpha value is -1.90. The third kappa shape index (κ3) is 4.62. The number of hydrogen-bond acceptors (Lipinski definition) is 6. The van der Waals surface area contributed by atoms with Gasteiger partial charge in [0.1, 0.15) is 0 Å². The average molecular weight is 557 g/mol. The van der Waals surface area contributed by atoms with Gasteiger partial charge < -0.3 is 24.3 Å². The topological polar surface area (TPSA) is 103 Å². The summed E-state index contributed by atoms with van der Waals surface area (Å²) in [7, 11) is 0. The Morgan fingerprint density at radius 3 is 2.58 bits per heavy atom. The molecule has 4 aliphatic carbocycles. The van der Waals surface area contributed by atoms with E-state index in [0.717, 1.165) is 103 Å². The highest BCUT2D eigenvalue weighted by atomic mass is 16.5. The minimum atomic E-state index is -0.777. The summed E-state index contributed by atoms with van der Waals surface area (Å²) in [6, 6.07) is 3.50. The summed E-state index contributed by atoms with van der Waals surface area (Å²) >= 11 is 0. The van der Waals surface area contributed by atoms with Crippen LogP contribution in [0.4, 0.5) is 4.79 Å². The number of carboxylic acid groups (broad SMARTS) is 1. The van der Waals surface area contributed by atoms with Gasteiger partial charge in [-0.1, -0.05) is 13.8 Å². The Kier molecular flexibility index (Phi) is 7.58. The zero-order valence-electron chi connectivity index (χ0n) is 24.4. The van der Waals surface area contributed by atoms with Crippen molar-refractivity contribution in [2.45, 2.75) is 95.6 Å². The lowest BCUT2D eigenvalue weighted by atomic mass is 9.43. The molecule has 0 spiro atoms. The van der Waals surface area contributed by atoms with Gasteiger partial charge in [0.2, 0.25) is 0 Å². The Bertz CT molecular complexity index is 1110. The number of morpholine rings is 1. The fourth-order valence-electron chi connectivity index (χ4n) is 10.3. The second-order valence-corrected chi connectivity index (χ2v) is 14.1. The fourth-order valence-corrected chi connectivity index (χ4v) is 10.3. The van der Waals surface area contributed by atoms with Gasteiger partial charge in [0.25, 0.3) is 0 Å². The Morgan fingerprint density at radius 2 is 1.85 bits per heavy atom. The predicted octanol–water partition coefficient (Wildman–Crippen LogP) is 4.95. The molecule has 40 heavy (non-hydrogen) atoms. The van der Waals surface area contributed by atoms with E-state index in [1.165, 1.54) is 6.07 Å². The van der Waals surface area contributed by atoms with E-state index < -0.39 is 11.7 Å². The first-order chi connectivity index (χ1) is 19.2. The smallest absolute Gasteiger partial charge is 0.407 e. The van der Waals surface area contributed by atoms with Crippen LogP contribution in [0.25, 0.3) is 0 Å². The van der Waals surface area contributed by atoms with E-state index in [0.29, 0.717) is 18.4 Å². The number of ether oxygens (including phenoxy) is 1. The number of hydrogen-bond donors (Lipinski definition) is 2. The van der Waals surface area contributed by atoms with Crippen molar-refractivity contribution < 1.29 is 24.2 Å². The van der Waals surface area contributed by atoms with Crippen molar-refractivity contribution in [3.05, 3.63) is 34.4 Å². The Balaban J connectivity index is 1.14. The van der Waals surface area contributed by atoms with Gasteiger partial charge in [0, 0.05) is 43.7 Å². The Morgan fingerprint density at radius 1 is 1.05 bits per heavy atom. The summed E-state index contributed by atoms with van der Waals surface area (Å²) in [4.78, 5) is 28.1. The van der Waals surface area contributed by atoms with E-state index in [2.05, 4.69) is 18.7 Å². The third-order valence-corrected chi connectivity index (χ3v) is 12.6. The molecule has 222 valence electrons. The molecule has 1 aromatic heterocycles. The third-order valence-electron chi connectivity index (χ3n) is 12.6. The second kappa shape index (κ2) is 10.7. The normalized spacial score (nSPS) is 41.5. The molecule has 1 amide bonds. The second-order valence-electron chi connectivity index (χ2n) is 14.1. The van der Waals surface area contributed by atoms with Gasteiger partial charge in [-0.3, -0.25) is 4.90 Å². The SMILES string of the molecule is C[C@]12CC[C@H](N(CCCN3CCOCC3)C(=O)O)C[C@H]1CC[C@@H]1[C@@H]2CC[C@]2(C)[C@@H](c3ccc(=O)oc3)CC[C@]12O. The van der Waals surface area contributed by atoms with Crippen LogP contribution in [0, 0.1) is 28.6 Å². The maximum Gasteiger partial charge on any atom is 0.407 e. The zero-order chi connectivity index (χ0) is 28.1. The van der Waals surface area contributed by atoms with Crippen molar-refractivity contribution in [1.82, 2.24) is 9.80 Å². The minimum Gasteiger partial charge on any atom is -0.465 e. The van der Waals surface area contributed by atoms with Crippen molar-refractivity contribution in [2.75, 3.05) is 39.4 Å². The van der Waals surface area contributed by atoms with Crippen LogP contribution in [-0.2, 0) is 4.74 Å². The summed E-state index contributed by atoms with van der Waals surface area (Å²) in [6.07, 6.45) is 10.5. The van der Waals surface area contributed by atoms with E-state index in [-0.39, 0.29) is 34.3 Å². The lowest BCUT2D eigenvalue weighted by Crippen LogP contribution is -2.62. The van der Waals surface area contributed by atoms with Gasteiger partial charge >= 0.3 is 11.7 Å². The molecule has 1 aromatic rings. The summed E-state index contributed by atoms with van der Waals surface area (Å²) in [5, 5.41) is 22.6. The summed E-state index contributed by atoms with van der Waals surface area (Å²) in [5.41, 5.74) is -0.0829. The molecular weight excluding hydrogens is 508 g/mol. The lowest BCUT2D eigenvalue weighted by molar-refractivity contribution is -0.203. The molecule has 1 aliphatic heterocycles. The van der Waals surface area contributed by atoms with E-state index in [9.17, 15) is 19.8 Å². The summed E-state index contributed by atoms with van der Waals surface area (Å²) in [6.45, 7) is 9.68. The maximum absolute atomic E-state index is 12.5. The molecule has 4 saturated carbocycles. The first kappa shape index (κ1) is 28.2. The molecule has 5 fully saturated rings. The number of aliphatic hydroxyl groups is 1. The van der Waals surface area contributed by atoms with E-state index in [1.807, 2.05) is 6.07 Å². The fraction of sp³-hybridized carbons (Fsp3) is 0.812. The van der Waals surface area contributed by atoms with Crippen molar-refractivity contribution in [2.24, 2.45) is 28.6 Å². The number of rotatable bonds is 6. The summed E-state index contributed by atoms with van der Waals surface area (Å²) < 4.78 is 10.7. The van der Waals surface area contributed by atoms with Crippen LogP contribution < -0.4 is 5.63 Å². The molecule has 5 aliphatic rings. The molecule has 0 unspecified atom stereocenters. The van der Waals surface area contributed by atoms with Gasteiger partial charge in [-0.25, -0.2) is 9.59 Å². The van der Waals surface area contributed by atoms with Crippen LogP contribution in [0.15, 0.2) is 27.6 Å². The first-order valence-corrected chi connectivity index (χ1v) is 15.8. The Labute approximate surface area is 238 Å². The zero-order valence-corrected chi connectivity index (χ0v) is 24.4. The minimum absolute atomic E-state index is 0.0948. The van der Waals surface area contributed by atoms with Gasteiger partial charge in [-0.15, -0.1) is 0 Å². The molecule has 0 bridgehead atoms. The van der Waals surface area contributed by atoms with E-state index >= 15 is 0 Å². The highest BCUT2D eigenvalue weighted by Gasteiger charge is 2.67. The predicted molar refractivity (Wildman–Crippen MR) is 151 cm³/mol. The van der Waals surface area contributed by atoms with Gasteiger partial charge in [0.05, 0.1) is 25.1 Å². The molecular formula is C32H48N2O6. The van der Waals surface area contributed by atoms with Crippen LogP contribution in [0.2, 0.25) is 0 Å². The van der Waals surface area contributed by atoms with Crippen molar-refractivity contribution in [1.29, 1.82) is 0 Å². The van der Waals surface area contributed by atoms with Crippen LogP contribution in [0.3, 0.4) is 0 Å². The van der Waals surface area contributed by atoms with Gasteiger partial charge in [-0.05, 0) is 105 Å². The monoisotopic (exact) mass is 556 g/mol. The first-order valence-electron chi connectivity index (χ1n) is 15.8. The highest BCUT2D eigenvalue weighted by Crippen LogP contribution is 2.70. The number of fused-ring (bicyclic) bond motifs is 5. The van der Waals surface area contributed by atoms with Gasteiger partial charge in [-0.2, -0.15) is 0 Å². The molecule has 8 atom stereocenters. The van der Waals surface area contributed by atoms with E-state index in [4.69, 9.17) is 9.15 Å². The molecule has 8 nitrogen and oxygen atoms in total. The van der Waals surface area contributed by atoms with E-state index in [1.54, 1.807) is 11.2 Å². The van der Waals surface area contributed by atoms with Crippen LogP contribution in [-0.4, -0.2) is 77.1 Å². The van der Waals surface area contributed by atoms with Crippen LogP contribution in [0.1, 0.15) is 89.5 Å². The summed E-state index contributed by atoms with van der Waals surface area (Å²) in [5.74, 6) is 1.44. The van der Waals surface area contributed by atoms with Crippen LogP contribution >= 0.6 is 0 Å². The quantitative estimate of drug-likeness (QED) is 0.511. The number of nitrogens with zero attached hydrogens (tertiary/aromatic N) is 2. The molecule has 0 radical (unpaired) electrons. The molecule has 1 saturated heterocycles. The van der Waals surface area contributed by atoms with Crippen molar-refractivity contribution >= 4 is 6.09 Å². The van der Waals surface area contributed by atoms with Gasteiger partial charge in [0.15, 0.2) is 0 Å². The molecule has 2 N–H and O–H groups in total. The molecule has 2 heterocycles. The largest absolute Gasteiger partial charge is 0.465 e. The molecule has 0 aromatic carbocycles. The molecule has 8 heteroatoms. The standard InChI is InChI=1S/C32H48N2O6/c1-30-11-8-24(34(29(36)37)15-3-14-33-16-18-39-19-17-33)20-23(30)5-6-27-26(30)9-12-31(2)25(10-13-32(27,31)38)22-4-7-28(35)40-21-22/h4,7,21,23-27,38H,3,5-6,8-20H2,1-2H3,(H,36,37)/t23-,24+,25-,26+,27-,30+,31-,32+/m1/s1. The number of carbonyl (C=O) groups is 1. The lowest BCUT2D eigenvalue weighted by Gasteiger charge is -2.64. The maximum atomic E-state index is 12.5. The number of amides is 1. The van der Waals surface area contributed by atoms with Crippen molar-refractivity contribution in [3.8, 4) is 0 Å². The highest BCUT2D eigenvalue weighted by molar-refractivity contribution is 5.65. The van der Waals surface area contributed by atoms with Crippen molar-refractivity contribution in [3.63, 3.8) is 0 Å². The van der Waals surface area contributed by atoms with Crippen LogP contribution in [0.5, 0.6) is 0 Å². The average Bonchev–Trinajstić information content (AvgIpc) is 3.23.